The van der Waals surface area contributed by atoms with Crippen molar-refractivity contribution in [2.24, 2.45) is 0 Å². The molecule has 0 aliphatic heterocycles. The van der Waals surface area contributed by atoms with E-state index < -0.39 is 11.5 Å². The van der Waals surface area contributed by atoms with Gasteiger partial charge in [-0.05, 0) is 43.9 Å². The largest absolute Gasteiger partial charge is 0.354 e. The van der Waals surface area contributed by atoms with E-state index in [0.717, 1.165) is 18.5 Å². The van der Waals surface area contributed by atoms with Gasteiger partial charge in [0.1, 0.15) is 5.56 Å². The number of benzene rings is 1. The molecule has 2 aromatic heterocycles. The second kappa shape index (κ2) is 10.5. The van der Waals surface area contributed by atoms with Crippen LogP contribution >= 0.6 is 11.3 Å². The van der Waals surface area contributed by atoms with E-state index in [1.807, 2.05) is 25.1 Å². The van der Waals surface area contributed by atoms with Crippen molar-refractivity contribution in [3.63, 3.8) is 0 Å². The van der Waals surface area contributed by atoms with Crippen LogP contribution in [0.3, 0.4) is 0 Å². The number of carbonyl (C=O) groups is 2. The van der Waals surface area contributed by atoms with Crippen LogP contribution < -0.4 is 16.2 Å². The van der Waals surface area contributed by atoms with Crippen molar-refractivity contribution in [2.75, 3.05) is 5.32 Å². The van der Waals surface area contributed by atoms with Crippen LogP contribution in [0.15, 0.2) is 58.8 Å². The summed E-state index contributed by atoms with van der Waals surface area (Å²) >= 11 is 1.26. The first kappa shape index (κ1) is 21.4. The Kier molecular flexibility index (Phi) is 7.51. The van der Waals surface area contributed by atoms with Crippen molar-refractivity contribution in [3.8, 4) is 0 Å². The Morgan fingerprint density at radius 2 is 1.93 bits per heavy atom. The molecule has 2 amide bonds. The van der Waals surface area contributed by atoms with Gasteiger partial charge in [0.05, 0.1) is 5.69 Å². The summed E-state index contributed by atoms with van der Waals surface area (Å²) in [5, 5.41) is 7.84. The van der Waals surface area contributed by atoms with Gasteiger partial charge in [-0.3, -0.25) is 19.7 Å². The van der Waals surface area contributed by atoms with Crippen LogP contribution in [0.1, 0.15) is 41.4 Å². The molecule has 0 aliphatic carbocycles. The zero-order chi connectivity index (χ0) is 21.3. The molecule has 0 spiro atoms. The molecule has 0 aliphatic rings. The molecule has 8 heteroatoms. The van der Waals surface area contributed by atoms with E-state index in [1.54, 1.807) is 11.4 Å². The predicted molar refractivity (Wildman–Crippen MR) is 118 cm³/mol. The van der Waals surface area contributed by atoms with E-state index in [2.05, 4.69) is 32.7 Å². The Labute approximate surface area is 178 Å². The third-order valence-corrected chi connectivity index (χ3v) is 5.37. The van der Waals surface area contributed by atoms with Crippen LogP contribution in [-0.4, -0.2) is 27.8 Å². The molecule has 30 heavy (non-hydrogen) atoms. The molecule has 3 N–H and O–H groups in total. The van der Waals surface area contributed by atoms with Crippen LogP contribution in [-0.2, 0) is 17.6 Å². The van der Waals surface area contributed by atoms with Gasteiger partial charge in [0.25, 0.3) is 11.5 Å². The third kappa shape index (κ3) is 6.38. The van der Waals surface area contributed by atoms with Crippen LogP contribution in [0.2, 0.25) is 0 Å². The van der Waals surface area contributed by atoms with E-state index >= 15 is 0 Å². The smallest absolute Gasteiger partial charge is 0.263 e. The van der Waals surface area contributed by atoms with Gasteiger partial charge in [-0.25, -0.2) is 4.98 Å². The first-order valence-electron chi connectivity index (χ1n) is 9.78. The molecule has 0 radical (unpaired) electrons. The number of nitrogens with zero attached hydrogens (tertiary/aromatic N) is 1. The number of amides is 2. The lowest BCUT2D eigenvalue weighted by Gasteiger charge is -2.13. The predicted octanol–water partition coefficient (Wildman–Crippen LogP) is 3.15. The number of aromatic amines is 1. The molecule has 3 rings (SSSR count). The van der Waals surface area contributed by atoms with E-state index in [1.165, 1.54) is 29.2 Å². The summed E-state index contributed by atoms with van der Waals surface area (Å²) in [4.78, 5) is 42.8. The first-order chi connectivity index (χ1) is 14.5. The van der Waals surface area contributed by atoms with Crippen LogP contribution in [0.5, 0.6) is 0 Å². The van der Waals surface area contributed by atoms with Gasteiger partial charge < -0.3 is 10.3 Å². The second-order valence-electron chi connectivity index (χ2n) is 7.00. The zero-order valence-corrected chi connectivity index (χ0v) is 17.5. The Bertz CT molecular complexity index is 1050. The summed E-state index contributed by atoms with van der Waals surface area (Å²) in [7, 11) is 0. The maximum absolute atomic E-state index is 12.2. The maximum atomic E-state index is 12.2. The highest BCUT2D eigenvalue weighted by atomic mass is 32.1. The number of carbonyl (C=O) groups excluding carboxylic acids is 2. The fourth-order valence-electron chi connectivity index (χ4n) is 2.93. The summed E-state index contributed by atoms with van der Waals surface area (Å²) in [6.45, 7) is 2.00. The molecule has 156 valence electrons. The van der Waals surface area contributed by atoms with E-state index in [9.17, 15) is 14.4 Å². The molecule has 0 saturated heterocycles. The minimum atomic E-state index is -0.511. The highest BCUT2D eigenvalue weighted by molar-refractivity contribution is 7.14. The number of nitrogens with one attached hydrogen (secondary N) is 3. The molecule has 1 unspecified atom stereocenters. The molecular weight excluding hydrogens is 400 g/mol. The van der Waals surface area contributed by atoms with Gasteiger partial charge >= 0.3 is 0 Å². The van der Waals surface area contributed by atoms with Crippen LogP contribution in [0.4, 0.5) is 5.13 Å². The minimum absolute atomic E-state index is 0.0232. The van der Waals surface area contributed by atoms with E-state index in [4.69, 9.17) is 0 Å². The highest BCUT2D eigenvalue weighted by Gasteiger charge is 2.13. The quantitative estimate of drug-likeness (QED) is 0.491. The van der Waals surface area contributed by atoms with Crippen molar-refractivity contribution in [1.82, 2.24) is 15.3 Å². The SMILES string of the molecule is CC(CCc1ccccc1)NC(=O)CCc1csc(NC(=O)c2ccc[nH]c2=O)n1. The Balaban J connectivity index is 1.42. The lowest BCUT2D eigenvalue weighted by molar-refractivity contribution is -0.121. The molecule has 1 aromatic carbocycles. The first-order valence-corrected chi connectivity index (χ1v) is 10.7. The Morgan fingerprint density at radius 1 is 1.13 bits per heavy atom. The number of aryl methyl sites for hydroxylation is 2. The Hall–Kier alpha value is -3.26. The summed E-state index contributed by atoms with van der Waals surface area (Å²) in [5.41, 5.74) is 1.56. The molecular formula is C22H24N4O3S. The topological polar surface area (TPSA) is 104 Å². The van der Waals surface area contributed by atoms with Crippen LogP contribution in [0.25, 0.3) is 0 Å². The highest BCUT2D eigenvalue weighted by Crippen LogP contribution is 2.17. The maximum Gasteiger partial charge on any atom is 0.263 e. The molecule has 0 fully saturated rings. The van der Waals surface area contributed by atoms with Gasteiger partial charge in [0.2, 0.25) is 5.91 Å². The zero-order valence-electron chi connectivity index (χ0n) is 16.7. The fraction of sp³-hybridized carbons (Fsp3) is 0.273. The van der Waals surface area contributed by atoms with Gasteiger partial charge in [-0.15, -0.1) is 11.3 Å². The molecule has 0 saturated carbocycles. The monoisotopic (exact) mass is 424 g/mol. The third-order valence-electron chi connectivity index (χ3n) is 4.56. The fourth-order valence-corrected chi connectivity index (χ4v) is 3.67. The van der Waals surface area contributed by atoms with Crippen molar-refractivity contribution < 1.29 is 9.59 Å². The number of hydrogen-bond donors (Lipinski definition) is 3. The number of aromatic nitrogens is 2. The molecule has 3 aromatic rings. The lowest BCUT2D eigenvalue weighted by atomic mass is 10.1. The number of H-pyrrole nitrogens is 1. The molecule has 2 heterocycles. The summed E-state index contributed by atoms with van der Waals surface area (Å²) < 4.78 is 0. The van der Waals surface area contributed by atoms with Crippen LogP contribution in [0, 0.1) is 0 Å². The minimum Gasteiger partial charge on any atom is -0.354 e. The molecule has 7 nitrogen and oxygen atoms in total. The lowest BCUT2D eigenvalue weighted by Crippen LogP contribution is -2.33. The number of hydrogen-bond acceptors (Lipinski definition) is 5. The average molecular weight is 425 g/mol. The van der Waals surface area contributed by atoms with Gasteiger partial charge in [-0.1, -0.05) is 30.3 Å². The van der Waals surface area contributed by atoms with Crippen molar-refractivity contribution in [3.05, 3.63) is 81.2 Å². The molecule has 1 atom stereocenters. The number of pyridine rings is 1. The van der Waals surface area contributed by atoms with Gasteiger partial charge in [0, 0.05) is 24.0 Å². The number of anilines is 1. The number of thiazole rings is 1. The summed E-state index contributed by atoms with van der Waals surface area (Å²) in [6.07, 6.45) is 4.07. The average Bonchev–Trinajstić information content (AvgIpc) is 3.19. The second-order valence-corrected chi connectivity index (χ2v) is 7.86. The van der Waals surface area contributed by atoms with Crippen molar-refractivity contribution in [2.45, 2.75) is 38.6 Å². The van der Waals surface area contributed by atoms with Crippen molar-refractivity contribution in [1.29, 1.82) is 0 Å². The Morgan fingerprint density at radius 3 is 2.70 bits per heavy atom. The normalized spacial score (nSPS) is 11.6. The molecule has 0 bridgehead atoms. The van der Waals surface area contributed by atoms with E-state index in [-0.39, 0.29) is 17.5 Å². The standard InChI is InChI=1S/C22H24N4O3S/c1-15(9-10-16-6-3-2-4-7-16)24-19(27)12-11-17-14-30-22(25-17)26-21(29)18-8-5-13-23-20(18)28/h2-8,13-15H,9-12H2,1H3,(H,23,28)(H,24,27)(H,25,26,29). The summed E-state index contributed by atoms with van der Waals surface area (Å²) in [6, 6.07) is 13.3. The van der Waals surface area contributed by atoms with E-state index in [0.29, 0.717) is 18.0 Å². The van der Waals surface area contributed by atoms with Gasteiger partial charge in [-0.2, -0.15) is 0 Å². The van der Waals surface area contributed by atoms with Crippen molar-refractivity contribution >= 4 is 28.3 Å². The summed E-state index contributed by atoms with van der Waals surface area (Å²) in [5.74, 6) is -0.535. The van der Waals surface area contributed by atoms with Gasteiger partial charge in [0.15, 0.2) is 5.13 Å². The number of rotatable bonds is 9.